The number of carboxylic acid groups (broad SMARTS) is 1. The first-order valence-corrected chi connectivity index (χ1v) is 11.9. The van der Waals surface area contributed by atoms with Crippen LogP contribution in [0.25, 0.3) is 32.9 Å². The van der Waals surface area contributed by atoms with E-state index in [1.807, 2.05) is 66.9 Å². The van der Waals surface area contributed by atoms with E-state index in [-0.39, 0.29) is 17.7 Å². The zero-order valence-corrected chi connectivity index (χ0v) is 18.7. The van der Waals surface area contributed by atoms with Gasteiger partial charge in [0.2, 0.25) is 11.0 Å². The van der Waals surface area contributed by atoms with E-state index >= 15 is 0 Å². The zero-order chi connectivity index (χ0) is 23.0. The molecule has 1 aromatic heterocycles. The zero-order valence-electron chi connectivity index (χ0n) is 17.9. The second kappa shape index (κ2) is 8.33. The monoisotopic (exact) mass is 450 g/mol. The topological polar surface area (TPSA) is 95.5 Å². The van der Waals surface area contributed by atoms with Gasteiger partial charge in [-0.2, -0.15) is 13.0 Å². The Hall–Kier alpha value is -3.29. The van der Waals surface area contributed by atoms with Crippen molar-refractivity contribution >= 4 is 37.9 Å². The summed E-state index contributed by atoms with van der Waals surface area (Å²) in [5.41, 5.74) is 5.52. The maximum atomic E-state index is 12.5. The maximum absolute atomic E-state index is 12.5. The van der Waals surface area contributed by atoms with Gasteiger partial charge in [-0.3, -0.25) is 4.55 Å². The predicted molar refractivity (Wildman–Crippen MR) is 125 cm³/mol. The molecule has 0 spiro atoms. The number of pyridine rings is 1. The van der Waals surface area contributed by atoms with Gasteiger partial charge in [-0.15, -0.1) is 0 Å². The third-order valence-electron chi connectivity index (χ3n) is 5.80. The Morgan fingerprint density at radius 2 is 1.53 bits per heavy atom. The minimum absolute atomic E-state index is 0.197. The minimum Gasteiger partial charge on any atom is -0.478 e. The van der Waals surface area contributed by atoms with Crippen molar-refractivity contribution in [2.75, 3.05) is 5.75 Å². The third-order valence-corrected chi connectivity index (χ3v) is 6.60. The van der Waals surface area contributed by atoms with Gasteiger partial charge >= 0.3 is 5.97 Å². The molecule has 1 heterocycles. The maximum Gasteiger partial charge on any atom is 0.337 e. The molecule has 0 atom stereocenters. The number of para-hydroxylation sites is 1. The highest BCUT2D eigenvalue weighted by molar-refractivity contribution is 7.85. The van der Waals surface area contributed by atoms with Crippen LogP contribution >= 0.6 is 0 Å². The fourth-order valence-electron chi connectivity index (χ4n) is 4.53. The van der Waals surface area contributed by atoms with E-state index in [9.17, 15) is 22.9 Å². The number of rotatable bonds is 6. The molecule has 2 N–H and O–H groups in total. The van der Waals surface area contributed by atoms with Crippen LogP contribution in [0.2, 0.25) is 0 Å². The molecule has 0 saturated carbocycles. The van der Waals surface area contributed by atoms with E-state index in [4.69, 9.17) is 0 Å². The lowest BCUT2D eigenvalue weighted by Crippen LogP contribution is -2.37. The number of fused-ring (bicyclic) bond motifs is 2. The summed E-state index contributed by atoms with van der Waals surface area (Å²) < 4.78 is 33.7. The first-order chi connectivity index (χ1) is 15.2. The standard InChI is InChI=1S/C25H23NO5S/c1-16-8-5-9-17(2)22(16)19-11-6-13-21-23(19)24(25(27)28)18-10-3-4-12-20(18)26(21)14-7-15-32(29,30)31/h3-6,8-13H,7,14-15H2,1-2H3,(H-,27,28,29,30,31)/p+1. The second-order valence-corrected chi connectivity index (χ2v) is 9.53. The Balaban J connectivity index is 2.13. The number of carboxylic acids is 1. The average molecular weight is 451 g/mol. The summed E-state index contributed by atoms with van der Waals surface area (Å²) in [6, 6.07) is 18.9. The molecular weight excluding hydrogens is 426 g/mol. The van der Waals surface area contributed by atoms with Gasteiger partial charge in [0.1, 0.15) is 0 Å². The van der Waals surface area contributed by atoms with Crippen molar-refractivity contribution in [2.45, 2.75) is 26.8 Å². The van der Waals surface area contributed by atoms with E-state index in [0.717, 1.165) is 22.3 Å². The number of aromatic carboxylic acids is 1. The van der Waals surface area contributed by atoms with Gasteiger partial charge < -0.3 is 5.11 Å². The lowest BCUT2D eigenvalue weighted by Gasteiger charge is -2.16. The van der Waals surface area contributed by atoms with E-state index in [2.05, 4.69) is 0 Å². The Morgan fingerprint density at radius 1 is 0.906 bits per heavy atom. The summed E-state index contributed by atoms with van der Waals surface area (Å²) in [4.78, 5) is 12.5. The molecule has 3 aromatic carbocycles. The third kappa shape index (κ3) is 3.97. The first-order valence-electron chi connectivity index (χ1n) is 10.3. The molecule has 0 amide bonds. The Bertz CT molecular complexity index is 1450. The Kier molecular flexibility index (Phi) is 5.71. The summed E-state index contributed by atoms with van der Waals surface area (Å²) in [5, 5.41) is 11.4. The summed E-state index contributed by atoms with van der Waals surface area (Å²) in [7, 11) is -4.09. The number of benzene rings is 3. The molecule has 0 bridgehead atoms. The number of hydrogen-bond acceptors (Lipinski definition) is 3. The van der Waals surface area contributed by atoms with Crippen LogP contribution in [0.1, 0.15) is 27.9 Å². The summed E-state index contributed by atoms with van der Waals surface area (Å²) >= 11 is 0. The van der Waals surface area contributed by atoms with E-state index in [0.29, 0.717) is 28.4 Å². The van der Waals surface area contributed by atoms with Gasteiger partial charge in [0, 0.05) is 18.6 Å². The molecule has 7 heteroatoms. The SMILES string of the molecule is Cc1cccc(C)c1-c1cccc2c1c(C(=O)O)c1ccccc1[n+]2CCCS(=O)(=O)O. The fourth-order valence-corrected chi connectivity index (χ4v) is 5.02. The highest BCUT2D eigenvalue weighted by Crippen LogP contribution is 2.36. The molecule has 0 fully saturated rings. The van der Waals surface area contributed by atoms with E-state index in [1.54, 1.807) is 12.1 Å². The van der Waals surface area contributed by atoms with Crippen LogP contribution in [0.4, 0.5) is 0 Å². The van der Waals surface area contributed by atoms with Crippen LogP contribution in [0.5, 0.6) is 0 Å². The van der Waals surface area contributed by atoms with Gasteiger partial charge in [0.25, 0.3) is 10.1 Å². The normalized spacial score (nSPS) is 11.8. The van der Waals surface area contributed by atoms with Gasteiger partial charge in [-0.05, 0) is 42.2 Å². The van der Waals surface area contributed by atoms with Crippen molar-refractivity contribution in [3.05, 3.63) is 77.4 Å². The van der Waals surface area contributed by atoms with Crippen LogP contribution in [0, 0.1) is 13.8 Å². The predicted octanol–water partition coefficient (Wildman–Crippen LogP) is 4.54. The highest BCUT2D eigenvalue weighted by atomic mass is 32.2. The Morgan fingerprint density at radius 3 is 2.19 bits per heavy atom. The van der Waals surface area contributed by atoms with Gasteiger partial charge in [0.15, 0.2) is 6.54 Å². The first kappa shape index (κ1) is 21.9. The summed E-state index contributed by atoms with van der Waals surface area (Å²) in [6.45, 7) is 4.32. The largest absolute Gasteiger partial charge is 0.478 e. The summed E-state index contributed by atoms with van der Waals surface area (Å²) in [6.07, 6.45) is 0.197. The molecule has 6 nitrogen and oxygen atoms in total. The number of aromatic nitrogens is 1. The molecule has 4 rings (SSSR count). The molecule has 0 aliphatic rings. The molecule has 4 aromatic rings. The highest BCUT2D eigenvalue weighted by Gasteiger charge is 2.27. The quantitative estimate of drug-likeness (QED) is 0.255. The molecule has 0 radical (unpaired) electrons. The van der Waals surface area contributed by atoms with Crippen molar-refractivity contribution in [3.63, 3.8) is 0 Å². The molecule has 32 heavy (non-hydrogen) atoms. The number of aryl methyl sites for hydroxylation is 3. The lowest BCUT2D eigenvalue weighted by atomic mass is 9.89. The van der Waals surface area contributed by atoms with E-state index < -0.39 is 16.1 Å². The van der Waals surface area contributed by atoms with Gasteiger partial charge in [0.05, 0.1) is 22.1 Å². The van der Waals surface area contributed by atoms with Crippen molar-refractivity contribution in [1.29, 1.82) is 0 Å². The van der Waals surface area contributed by atoms with Crippen molar-refractivity contribution in [3.8, 4) is 11.1 Å². The van der Waals surface area contributed by atoms with Crippen LogP contribution in [-0.2, 0) is 16.7 Å². The lowest BCUT2D eigenvalue weighted by molar-refractivity contribution is -0.645. The van der Waals surface area contributed by atoms with Crippen LogP contribution < -0.4 is 4.57 Å². The summed E-state index contributed by atoms with van der Waals surface area (Å²) in [5.74, 6) is -1.39. The van der Waals surface area contributed by atoms with Gasteiger partial charge in [-0.25, -0.2) is 4.79 Å². The van der Waals surface area contributed by atoms with Crippen LogP contribution in [0.15, 0.2) is 60.7 Å². The molecule has 0 unspecified atom stereocenters. The van der Waals surface area contributed by atoms with E-state index in [1.165, 1.54) is 0 Å². The molecule has 164 valence electrons. The molecule has 0 aliphatic heterocycles. The van der Waals surface area contributed by atoms with Gasteiger partial charge in [-0.1, -0.05) is 42.5 Å². The molecule has 0 saturated heterocycles. The number of hydrogen-bond donors (Lipinski definition) is 2. The molecular formula is C25H24NO5S+. The Labute approximate surface area is 186 Å². The second-order valence-electron chi connectivity index (χ2n) is 7.96. The number of nitrogens with zero attached hydrogens (tertiary/aromatic N) is 1. The molecule has 0 aliphatic carbocycles. The number of carbonyl (C=O) groups is 1. The fraction of sp³-hybridized carbons (Fsp3) is 0.200. The van der Waals surface area contributed by atoms with Crippen LogP contribution in [0.3, 0.4) is 0 Å². The average Bonchev–Trinajstić information content (AvgIpc) is 2.72. The van der Waals surface area contributed by atoms with Crippen molar-refractivity contribution < 1.29 is 27.4 Å². The van der Waals surface area contributed by atoms with Crippen molar-refractivity contribution in [1.82, 2.24) is 0 Å². The van der Waals surface area contributed by atoms with Crippen molar-refractivity contribution in [2.24, 2.45) is 0 Å². The van der Waals surface area contributed by atoms with Crippen LogP contribution in [-0.4, -0.2) is 29.8 Å². The minimum atomic E-state index is -4.09. The smallest absolute Gasteiger partial charge is 0.337 e.